The third-order valence-corrected chi connectivity index (χ3v) is 3.04. The van der Waals surface area contributed by atoms with E-state index in [9.17, 15) is 0 Å². The molecule has 0 bridgehead atoms. The van der Waals surface area contributed by atoms with E-state index in [-0.39, 0.29) is 0 Å². The molecule has 1 N–H and O–H groups in total. The lowest BCUT2D eigenvalue weighted by atomic mass is 10.2. The van der Waals surface area contributed by atoms with Crippen molar-refractivity contribution in [3.63, 3.8) is 0 Å². The average Bonchev–Trinajstić information content (AvgIpc) is 2.54. The van der Waals surface area contributed by atoms with Crippen molar-refractivity contribution in [2.45, 2.75) is 0 Å². The van der Waals surface area contributed by atoms with Crippen LogP contribution in [0.2, 0.25) is 0 Å². The lowest BCUT2D eigenvalue weighted by molar-refractivity contribution is 0.394. The van der Waals surface area contributed by atoms with Gasteiger partial charge in [-0.25, -0.2) is 0 Å². The van der Waals surface area contributed by atoms with Gasteiger partial charge in [-0.05, 0) is 12.1 Å². The summed E-state index contributed by atoms with van der Waals surface area (Å²) in [6, 6.07) is 11.1. The molecule has 0 aliphatic rings. The van der Waals surface area contributed by atoms with E-state index in [0.717, 1.165) is 22.9 Å². The van der Waals surface area contributed by atoms with Crippen LogP contribution in [0.1, 0.15) is 0 Å². The van der Waals surface area contributed by atoms with Crippen LogP contribution < -0.4 is 24.3 Å². The summed E-state index contributed by atoms with van der Waals surface area (Å²) in [5.41, 5.74) is 1.63. The van der Waals surface area contributed by atoms with Crippen LogP contribution in [0.15, 0.2) is 36.4 Å². The van der Waals surface area contributed by atoms with Crippen molar-refractivity contribution < 1.29 is 18.9 Å². The van der Waals surface area contributed by atoms with E-state index in [0.29, 0.717) is 11.5 Å². The van der Waals surface area contributed by atoms with Crippen LogP contribution in [0.5, 0.6) is 23.0 Å². The van der Waals surface area contributed by atoms with Gasteiger partial charge in [-0.15, -0.1) is 0 Å². The van der Waals surface area contributed by atoms with Gasteiger partial charge in [0, 0.05) is 30.0 Å². The normalized spacial score (nSPS) is 9.90. The first kappa shape index (κ1) is 14.8. The second kappa shape index (κ2) is 6.74. The Hall–Kier alpha value is -2.56. The molecule has 5 heteroatoms. The minimum absolute atomic E-state index is 0.707. The van der Waals surface area contributed by atoms with Gasteiger partial charge in [0.25, 0.3) is 0 Å². The zero-order chi connectivity index (χ0) is 15.2. The third-order valence-electron chi connectivity index (χ3n) is 3.04. The smallest absolute Gasteiger partial charge is 0.142 e. The molecule has 0 spiro atoms. The van der Waals surface area contributed by atoms with E-state index < -0.39 is 0 Å². The van der Waals surface area contributed by atoms with Gasteiger partial charge in [-0.1, -0.05) is 0 Å². The molecule has 2 rings (SSSR count). The second-order valence-electron chi connectivity index (χ2n) is 4.29. The van der Waals surface area contributed by atoms with Gasteiger partial charge in [0.05, 0.1) is 34.1 Å². The Kier molecular flexibility index (Phi) is 4.77. The molecule has 112 valence electrons. The molecule has 0 radical (unpaired) electrons. The molecule has 2 aromatic rings. The van der Waals surface area contributed by atoms with E-state index in [2.05, 4.69) is 5.32 Å². The summed E-state index contributed by atoms with van der Waals surface area (Å²) < 4.78 is 21.1. The Morgan fingerprint density at radius 1 is 0.667 bits per heavy atom. The Morgan fingerprint density at radius 3 is 1.81 bits per heavy atom. The highest BCUT2D eigenvalue weighted by atomic mass is 16.5. The first-order valence-corrected chi connectivity index (χ1v) is 6.42. The maximum atomic E-state index is 5.35. The van der Waals surface area contributed by atoms with E-state index in [1.54, 1.807) is 28.4 Å². The summed E-state index contributed by atoms with van der Waals surface area (Å²) in [6.07, 6.45) is 0. The molecular formula is C16H19NO4. The molecule has 5 nitrogen and oxygen atoms in total. The first-order valence-electron chi connectivity index (χ1n) is 6.42. The fourth-order valence-corrected chi connectivity index (χ4v) is 1.95. The molecule has 0 atom stereocenters. The molecule has 2 aromatic carbocycles. The van der Waals surface area contributed by atoms with Crippen LogP contribution in [-0.4, -0.2) is 28.4 Å². The number of benzene rings is 2. The molecule has 0 unspecified atom stereocenters. The molecule has 0 aromatic heterocycles. The molecule has 0 aliphatic carbocycles. The van der Waals surface area contributed by atoms with E-state index in [1.807, 2.05) is 36.4 Å². The van der Waals surface area contributed by atoms with Gasteiger partial charge in [0.1, 0.15) is 23.0 Å². The lowest BCUT2D eigenvalue weighted by Crippen LogP contribution is -1.97. The maximum absolute atomic E-state index is 5.35. The van der Waals surface area contributed by atoms with Crippen LogP contribution in [0.4, 0.5) is 11.4 Å². The Bertz CT molecular complexity index is 591. The summed E-state index contributed by atoms with van der Waals surface area (Å²) in [5, 5.41) is 3.28. The van der Waals surface area contributed by atoms with Gasteiger partial charge in [0.15, 0.2) is 0 Å². The topological polar surface area (TPSA) is 49.0 Å². The molecule has 21 heavy (non-hydrogen) atoms. The molecule has 0 saturated heterocycles. The molecule has 0 amide bonds. The van der Waals surface area contributed by atoms with Gasteiger partial charge in [-0.3, -0.25) is 0 Å². The highest BCUT2D eigenvalue weighted by Gasteiger charge is 2.07. The fourth-order valence-electron chi connectivity index (χ4n) is 1.95. The summed E-state index contributed by atoms with van der Waals surface area (Å²) >= 11 is 0. The van der Waals surface area contributed by atoms with Gasteiger partial charge < -0.3 is 24.3 Å². The standard InChI is InChI=1S/C16H19NO4/c1-18-12-5-6-16(21-4)15(10-12)17-11-7-13(19-2)9-14(8-11)20-3/h5-10,17H,1-4H3. The van der Waals surface area contributed by atoms with Crippen molar-refractivity contribution >= 4 is 11.4 Å². The number of rotatable bonds is 6. The highest BCUT2D eigenvalue weighted by molar-refractivity contribution is 5.70. The van der Waals surface area contributed by atoms with E-state index >= 15 is 0 Å². The number of ether oxygens (including phenoxy) is 4. The monoisotopic (exact) mass is 289 g/mol. The quantitative estimate of drug-likeness (QED) is 0.882. The van der Waals surface area contributed by atoms with Crippen molar-refractivity contribution in [3.05, 3.63) is 36.4 Å². The first-order chi connectivity index (χ1) is 10.2. The minimum Gasteiger partial charge on any atom is -0.497 e. The van der Waals surface area contributed by atoms with Crippen LogP contribution in [0, 0.1) is 0 Å². The number of hydrogen-bond donors (Lipinski definition) is 1. The molecular weight excluding hydrogens is 270 g/mol. The summed E-state index contributed by atoms with van der Waals surface area (Å²) in [7, 11) is 6.48. The third kappa shape index (κ3) is 3.51. The zero-order valence-corrected chi connectivity index (χ0v) is 12.6. The highest BCUT2D eigenvalue weighted by Crippen LogP contribution is 2.34. The van der Waals surface area contributed by atoms with Gasteiger partial charge >= 0.3 is 0 Å². The van der Waals surface area contributed by atoms with Crippen molar-refractivity contribution in [2.24, 2.45) is 0 Å². The second-order valence-corrected chi connectivity index (χ2v) is 4.29. The SMILES string of the molecule is COc1cc(Nc2cc(OC)ccc2OC)cc(OC)c1. The Balaban J connectivity index is 2.36. The van der Waals surface area contributed by atoms with Crippen molar-refractivity contribution in [3.8, 4) is 23.0 Å². The van der Waals surface area contributed by atoms with Crippen LogP contribution in [0.25, 0.3) is 0 Å². The van der Waals surface area contributed by atoms with Gasteiger partial charge in [0.2, 0.25) is 0 Å². The molecule has 0 saturated carbocycles. The Morgan fingerprint density at radius 2 is 1.29 bits per heavy atom. The molecule has 0 fully saturated rings. The van der Waals surface area contributed by atoms with Crippen molar-refractivity contribution in [1.82, 2.24) is 0 Å². The van der Waals surface area contributed by atoms with Crippen molar-refractivity contribution in [2.75, 3.05) is 33.8 Å². The largest absolute Gasteiger partial charge is 0.497 e. The Labute approximate surface area is 124 Å². The van der Waals surface area contributed by atoms with E-state index in [1.165, 1.54) is 0 Å². The number of hydrogen-bond acceptors (Lipinski definition) is 5. The molecule has 0 heterocycles. The van der Waals surface area contributed by atoms with Crippen LogP contribution in [-0.2, 0) is 0 Å². The van der Waals surface area contributed by atoms with Crippen molar-refractivity contribution in [1.29, 1.82) is 0 Å². The van der Waals surface area contributed by atoms with E-state index in [4.69, 9.17) is 18.9 Å². The summed E-state index contributed by atoms with van der Waals surface area (Å²) in [5.74, 6) is 2.88. The number of methoxy groups -OCH3 is 4. The zero-order valence-electron chi connectivity index (χ0n) is 12.6. The van der Waals surface area contributed by atoms with Gasteiger partial charge in [-0.2, -0.15) is 0 Å². The number of anilines is 2. The van der Waals surface area contributed by atoms with Crippen LogP contribution >= 0.6 is 0 Å². The minimum atomic E-state index is 0.707. The predicted molar refractivity (Wildman–Crippen MR) is 82.4 cm³/mol. The lowest BCUT2D eigenvalue weighted by Gasteiger charge is -2.14. The van der Waals surface area contributed by atoms with Crippen LogP contribution in [0.3, 0.4) is 0 Å². The molecule has 0 aliphatic heterocycles. The average molecular weight is 289 g/mol. The predicted octanol–water partition coefficient (Wildman–Crippen LogP) is 3.46. The summed E-state index contributed by atoms with van der Waals surface area (Å²) in [4.78, 5) is 0. The summed E-state index contributed by atoms with van der Waals surface area (Å²) in [6.45, 7) is 0. The number of nitrogens with one attached hydrogen (secondary N) is 1. The maximum Gasteiger partial charge on any atom is 0.142 e. The fraction of sp³-hybridized carbons (Fsp3) is 0.250.